The number of piperidine rings is 1. The Morgan fingerprint density at radius 1 is 1.35 bits per heavy atom. The van der Waals surface area contributed by atoms with Crippen LogP contribution < -0.4 is 20.1 Å². The first-order chi connectivity index (χ1) is 11.1. The predicted molar refractivity (Wildman–Crippen MR) is 86.1 cm³/mol. The lowest BCUT2D eigenvalue weighted by Gasteiger charge is -2.34. The van der Waals surface area contributed by atoms with Crippen molar-refractivity contribution in [1.29, 1.82) is 0 Å². The summed E-state index contributed by atoms with van der Waals surface area (Å²) in [6.45, 7) is 2.91. The van der Waals surface area contributed by atoms with Crippen molar-refractivity contribution in [2.24, 2.45) is 0 Å². The smallest absolute Gasteiger partial charge is 0.252 e. The van der Waals surface area contributed by atoms with Crippen molar-refractivity contribution in [1.82, 2.24) is 10.6 Å². The summed E-state index contributed by atoms with van der Waals surface area (Å²) in [4.78, 5) is 12.5. The zero-order chi connectivity index (χ0) is 16.3. The first-order valence-electron chi connectivity index (χ1n) is 7.77. The molecule has 0 atom stereocenters. The predicted octanol–water partition coefficient (Wildman–Crippen LogP) is 1.50. The normalized spacial score (nSPS) is 19.2. The molecule has 0 unspecified atom stereocenters. The molecule has 1 aromatic rings. The Hall–Kier alpha value is -1.50. The van der Waals surface area contributed by atoms with E-state index in [9.17, 15) is 4.79 Å². The largest absolute Gasteiger partial charge is 0.486 e. The summed E-state index contributed by atoms with van der Waals surface area (Å²) >= 11 is 6.22. The maximum Gasteiger partial charge on any atom is 0.252 e. The lowest BCUT2D eigenvalue weighted by Crippen LogP contribution is -2.53. The highest BCUT2D eigenvalue weighted by atomic mass is 35.5. The van der Waals surface area contributed by atoms with Gasteiger partial charge < -0.3 is 24.8 Å². The summed E-state index contributed by atoms with van der Waals surface area (Å²) in [6, 6.07) is 3.64. The third kappa shape index (κ3) is 3.39. The highest BCUT2D eigenvalue weighted by Gasteiger charge is 2.39. The van der Waals surface area contributed by atoms with Gasteiger partial charge in [0.15, 0.2) is 11.5 Å². The fourth-order valence-corrected chi connectivity index (χ4v) is 3.25. The first kappa shape index (κ1) is 16.4. The molecule has 126 valence electrons. The Kier molecular flexibility index (Phi) is 4.94. The van der Waals surface area contributed by atoms with Crippen molar-refractivity contribution in [3.63, 3.8) is 0 Å². The second-order valence-electron chi connectivity index (χ2n) is 5.73. The number of carbonyl (C=O) groups excluding carboxylic acids is 1. The lowest BCUT2D eigenvalue weighted by molar-refractivity contribution is -0.146. The van der Waals surface area contributed by atoms with Crippen molar-refractivity contribution < 1.29 is 19.0 Å². The molecule has 0 saturated carbocycles. The number of carbonyl (C=O) groups is 1. The number of rotatable bonds is 4. The molecule has 23 heavy (non-hydrogen) atoms. The third-order valence-electron chi connectivity index (χ3n) is 4.33. The summed E-state index contributed by atoms with van der Waals surface area (Å²) in [7, 11) is 1.59. The van der Waals surface area contributed by atoms with Crippen molar-refractivity contribution in [3.8, 4) is 11.5 Å². The molecule has 2 aliphatic rings. The van der Waals surface area contributed by atoms with E-state index >= 15 is 0 Å². The monoisotopic (exact) mass is 340 g/mol. The van der Waals surface area contributed by atoms with Crippen LogP contribution in [0.4, 0.5) is 0 Å². The number of methoxy groups -OCH3 is 1. The third-order valence-corrected chi connectivity index (χ3v) is 4.61. The van der Waals surface area contributed by atoms with Crippen LogP contribution in [0.1, 0.15) is 18.4 Å². The fourth-order valence-electron chi connectivity index (χ4n) is 2.96. The average molecular weight is 341 g/mol. The Labute approximate surface area is 140 Å². The van der Waals surface area contributed by atoms with E-state index in [-0.39, 0.29) is 5.91 Å². The zero-order valence-electron chi connectivity index (χ0n) is 13.1. The number of hydrogen-bond acceptors (Lipinski definition) is 5. The minimum absolute atomic E-state index is 0.0903. The van der Waals surface area contributed by atoms with E-state index in [1.165, 1.54) is 0 Å². The highest BCUT2D eigenvalue weighted by molar-refractivity contribution is 6.32. The molecule has 1 aromatic carbocycles. The highest BCUT2D eigenvalue weighted by Crippen LogP contribution is 2.38. The van der Waals surface area contributed by atoms with Gasteiger partial charge in [-0.3, -0.25) is 4.79 Å². The van der Waals surface area contributed by atoms with E-state index in [2.05, 4.69) is 10.6 Å². The zero-order valence-corrected chi connectivity index (χ0v) is 13.9. The van der Waals surface area contributed by atoms with E-state index < -0.39 is 5.60 Å². The number of benzene rings is 1. The van der Waals surface area contributed by atoms with Crippen LogP contribution in [0.2, 0.25) is 5.02 Å². The Morgan fingerprint density at radius 3 is 2.83 bits per heavy atom. The van der Waals surface area contributed by atoms with Gasteiger partial charge in [0.25, 0.3) is 5.91 Å². The number of hydrogen-bond donors (Lipinski definition) is 2. The average Bonchev–Trinajstić information content (AvgIpc) is 2.60. The quantitative estimate of drug-likeness (QED) is 0.869. The molecule has 2 heterocycles. The van der Waals surface area contributed by atoms with E-state index in [1.807, 2.05) is 6.07 Å². The van der Waals surface area contributed by atoms with Crippen LogP contribution >= 0.6 is 11.6 Å². The van der Waals surface area contributed by atoms with E-state index in [0.29, 0.717) is 49.1 Å². The molecule has 0 spiro atoms. The van der Waals surface area contributed by atoms with E-state index in [1.54, 1.807) is 13.2 Å². The number of ether oxygens (including phenoxy) is 3. The van der Waals surface area contributed by atoms with Gasteiger partial charge in [-0.2, -0.15) is 0 Å². The van der Waals surface area contributed by atoms with Crippen molar-refractivity contribution in [2.75, 3.05) is 33.4 Å². The number of fused-ring (bicyclic) bond motifs is 1. The second kappa shape index (κ2) is 6.95. The molecule has 7 heteroatoms. The molecular weight excluding hydrogens is 320 g/mol. The lowest BCUT2D eigenvalue weighted by atomic mass is 9.91. The Morgan fingerprint density at radius 2 is 2.09 bits per heavy atom. The van der Waals surface area contributed by atoms with Gasteiger partial charge >= 0.3 is 0 Å². The van der Waals surface area contributed by atoms with Crippen LogP contribution in [-0.2, 0) is 16.1 Å². The molecule has 3 rings (SSSR count). The molecule has 0 bridgehead atoms. The topological polar surface area (TPSA) is 68.8 Å². The van der Waals surface area contributed by atoms with Crippen molar-refractivity contribution in [3.05, 3.63) is 22.7 Å². The molecule has 0 aromatic heterocycles. The maximum atomic E-state index is 12.5. The van der Waals surface area contributed by atoms with Crippen LogP contribution in [0, 0.1) is 0 Å². The summed E-state index contributed by atoms with van der Waals surface area (Å²) in [5, 5.41) is 6.68. The molecule has 1 fully saturated rings. The van der Waals surface area contributed by atoms with Gasteiger partial charge in [0.05, 0.1) is 5.02 Å². The van der Waals surface area contributed by atoms with Crippen LogP contribution in [0.3, 0.4) is 0 Å². The number of amides is 1. The van der Waals surface area contributed by atoms with Crippen molar-refractivity contribution >= 4 is 17.5 Å². The molecule has 1 amide bonds. The maximum absolute atomic E-state index is 12.5. The summed E-state index contributed by atoms with van der Waals surface area (Å²) in [6.07, 6.45) is 1.33. The molecule has 6 nitrogen and oxygen atoms in total. The Bertz CT molecular complexity index is 588. The standard InChI is InChI=1S/C16H21ClN2O4/c1-21-16(2-4-18-5-3-16)15(20)19-10-11-8-12(17)14-13(9-11)22-6-7-23-14/h8-9,18H,2-7,10H2,1H3,(H,19,20). The van der Waals surface area contributed by atoms with Gasteiger partial charge in [-0.1, -0.05) is 11.6 Å². The van der Waals surface area contributed by atoms with Gasteiger partial charge in [-0.25, -0.2) is 0 Å². The van der Waals surface area contributed by atoms with Gasteiger partial charge in [0.2, 0.25) is 0 Å². The second-order valence-corrected chi connectivity index (χ2v) is 6.14. The number of halogens is 1. The van der Waals surface area contributed by atoms with E-state index in [4.69, 9.17) is 25.8 Å². The van der Waals surface area contributed by atoms with E-state index in [0.717, 1.165) is 18.7 Å². The fraction of sp³-hybridized carbons (Fsp3) is 0.562. The van der Waals surface area contributed by atoms with Gasteiger partial charge in [0.1, 0.15) is 18.8 Å². The molecule has 2 aliphatic heterocycles. The summed E-state index contributed by atoms with van der Waals surface area (Å²) in [5.74, 6) is 1.10. The first-order valence-corrected chi connectivity index (χ1v) is 8.15. The minimum atomic E-state index is -0.747. The van der Waals surface area contributed by atoms with Crippen LogP contribution in [0.25, 0.3) is 0 Å². The minimum Gasteiger partial charge on any atom is -0.486 e. The molecule has 0 aliphatic carbocycles. The van der Waals surface area contributed by atoms with Crippen LogP contribution in [0.15, 0.2) is 12.1 Å². The van der Waals surface area contributed by atoms with Crippen molar-refractivity contribution in [2.45, 2.75) is 25.0 Å². The van der Waals surface area contributed by atoms with Crippen LogP contribution in [0.5, 0.6) is 11.5 Å². The molecule has 1 saturated heterocycles. The Balaban J connectivity index is 1.68. The summed E-state index contributed by atoms with van der Waals surface area (Å²) < 4.78 is 16.6. The van der Waals surface area contributed by atoms with Gasteiger partial charge in [-0.05, 0) is 43.6 Å². The van der Waals surface area contributed by atoms with Gasteiger partial charge in [0, 0.05) is 13.7 Å². The molecule has 2 N–H and O–H groups in total. The number of nitrogens with one attached hydrogen (secondary N) is 2. The molecular formula is C16H21ClN2O4. The summed E-state index contributed by atoms with van der Waals surface area (Å²) in [5.41, 5.74) is 0.121. The van der Waals surface area contributed by atoms with Crippen LogP contribution in [-0.4, -0.2) is 44.9 Å². The van der Waals surface area contributed by atoms with Gasteiger partial charge in [-0.15, -0.1) is 0 Å². The molecule has 0 radical (unpaired) electrons. The SMILES string of the molecule is COC1(C(=O)NCc2cc(Cl)c3c(c2)OCCO3)CCNCC1.